The molecule has 6 heteroatoms. The van der Waals surface area contributed by atoms with Gasteiger partial charge in [-0.05, 0) is 30.7 Å². The number of carbonyl (C=O) groups excluding carboxylic acids is 2. The smallest absolute Gasteiger partial charge is 0.265 e. The van der Waals surface area contributed by atoms with E-state index in [1.165, 1.54) is 0 Å². The molecule has 0 saturated carbocycles. The Morgan fingerprint density at radius 1 is 1.08 bits per heavy atom. The quantitative estimate of drug-likeness (QED) is 0.721. The van der Waals surface area contributed by atoms with Crippen molar-refractivity contribution in [3.05, 3.63) is 65.2 Å². The van der Waals surface area contributed by atoms with Crippen LogP contribution in [0.25, 0.3) is 0 Å². The van der Waals surface area contributed by atoms with Crippen LogP contribution in [0.5, 0.6) is 5.75 Å². The minimum absolute atomic E-state index is 0.230. The van der Waals surface area contributed by atoms with Gasteiger partial charge in [0, 0.05) is 23.6 Å². The number of halogens is 1. The molecule has 2 aromatic carbocycles. The summed E-state index contributed by atoms with van der Waals surface area (Å²) >= 11 is 5.87. The van der Waals surface area contributed by atoms with Gasteiger partial charge in [-0.2, -0.15) is 0 Å². The molecule has 24 heavy (non-hydrogen) atoms. The summed E-state index contributed by atoms with van der Waals surface area (Å²) in [6.07, 6.45) is -0.0707. The van der Waals surface area contributed by atoms with Crippen molar-refractivity contribution < 1.29 is 14.3 Å². The van der Waals surface area contributed by atoms with Crippen molar-refractivity contribution in [3.63, 3.8) is 0 Å². The van der Waals surface area contributed by atoms with Crippen LogP contribution in [0.3, 0.4) is 0 Å². The summed E-state index contributed by atoms with van der Waals surface area (Å²) in [6, 6.07) is 16.0. The van der Waals surface area contributed by atoms with Gasteiger partial charge in [0.05, 0.1) is 0 Å². The zero-order valence-corrected chi connectivity index (χ0v) is 13.8. The maximum Gasteiger partial charge on any atom is 0.265 e. The minimum atomic E-state index is -0.791. The molecule has 1 atom stereocenters. The Labute approximate surface area is 145 Å². The summed E-state index contributed by atoms with van der Waals surface area (Å²) in [4.78, 5) is 23.2. The molecule has 2 rings (SSSR count). The first kappa shape index (κ1) is 17.8. The van der Waals surface area contributed by atoms with Crippen LogP contribution in [-0.4, -0.2) is 18.4 Å². The largest absolute Gasteiger partial charge is 0.476 e. The highest BCUT2D eigenvalue weighted by molar-refractivity contribution is 6.30. The number of hydrogen-bond acceptors (Lipinski definition) is 3. The van der Waals surface area contributed by atoms with Crippen LogP contribution < -0.4 is 15.8 Å². The Morgan fingerprint density at radius 2 is 1.75 bits per heavy atom. The fraction of sp³-hybridized carbons (Fsp3) is 0.222. The van der Waals surface area contributed by atoms with E-state index in [0.29, 0.717) is 23.7 Å². The highest BCUT2D eigenvalue weighted by Gasteiger charge is 2.22. The number of nitrogens with one attached hydrogen (secondary N) is 1. The Balaban J connectivity index is 2.06. The lowest BCUT2D eigenvalue weighted by molar-refractivity contribution is -0.128. The topological polar surface area (TPSA) is 81.4 Å². The van der Waals surface area contributed by atoms with Crippen LogP contribution in [0, 0.1) is 0 Å². The van der Waals surface area contributed by atoms with Crippen molar-refractivity contribution in [3.8, 4) is 5.75 Å². The van der Waals surface area contributed by atoms with Crippen molar-refractivity contribution in [2.24, 2.45) is 5.73 Å². The van der Waals surface area contributed by atoms with Gasteiger partial charge in [-0.1, -0.05) is 41.9 Å². The second kappa shape index (κ2) is 8.93. The van der Waals surface area contributed by atoms with Crippen LogP contribution >= 0.6 is 11.6 Å². The third-order valence-electron chi connectivity index (χ3n) is 3.31. The average molecular weight is 347 g/mol. The zero-order chi connectivity index (χ0) is 17.4. The molecule has 0 heterocycles. The second-order valence-electron chi connectivity index (χ2n) is 5.22. The van der Waals surface area contributed by atoms with E-state index in [1.807, 2.05) is 30.3 Å². The fourth-order valence-electron chi connectivity index (χ4n) is 2.12. The number of hydrogen-bond donors (Lipinski definition) is 2. The zero-order valence-electron chi connectivity index (χ0n) is 13.1. The summed E-state index contributed by atoms with van der Waals surface area (Å²) in [5.41, 5.74) is 5.82. The van der Waals surface area contributed by atoms with Gasteiger partial charge in [0.15, 0.2) is 0 Å². The lowest BCUT2D eigenvalue weighted by atomic mass is 10.1. The molecule has 0 radical (unpaired) electrons. The van der Waals surface area contributed by atoms with Crippen molar-refractivity contribution in [2.45, 2.75) is 18.9 Å². The van der Waals surface area contributed by atoms with E-state index in [9.17, 15) is 9.59 Å². The molecular weight excluding hydrogens is 328 g/mol. The normalized spacial score (nSPS) is 11.5. The first-order chi connectivity index (χ1) is 11.6. The summed E-state index contributed by atoms with van der Waals surface area (Å²) < 4.78 is 5.83. The van der Waals surface area contributed by atoms with Crippen molar-refractivity contribution in [2.75, 3.05) is 6.54 Å². The first-order valence-corrected chi connectivity index (χ1v) is 7.97. The van der Waals surface area contributed by atoms with Crippen LogP contribution in [0.2, 0.25) is 5.02 Å². The molecule has 0 aliphatic rings. The van der Waals surface area contributed by atoms with Gasteiger partial charge in [0.25, 0.3) is 5.91 Å². The Morgan fingerprint density at radius 3 is 2.38 bits per heavy atom. The van der Waals surface area contributed by atoms with E-state index in [0.717, 1.165) is 5.56 Å². The molecule has 2 aromatic rings. The maximum absolute atomic E-state index is 12.5. The summed E-state index contributed by atoms with van der Waals surface area (Å²) in [5.74, 6) is -0.123. The highest BCUT2D eigenvalue weighted by Crippen LogP contribution is 2.23. The van der Waals surface area contributed by atoms with Crippen molar-refractivity contribution >= 4 is 23.4 Å². The molecule has 0 spiro atoms. The molecule has 0 bridgehead atoms. The van der Waals surface area contributed by atoms with Gasteiger partial charge in [0.2, 0.25) is 12.0 Å². The van der Waals surface area contributed by atoms with E-state index in [1.54, 1.807) is 24.3 Å². The SMILES string of the molecule is NC(=O)CCCNC(=O)[C@H](Oc1ccc(Cl)cc1)c1ccccc1. The first-order valence-electron chi connectivity index (χ1n) is 7.59. The molecule has 0 fully saturated rings. The van der Waals surface area contributed by atoms with Gasteiger partial charge in [-0.25, -0.2) is 0 Å². The summed E-state index contributed by atoms with van der Waals surface area (Å²) in [6.45, 7) is 0.356. The maximum atomic E-state index is 12.5. The van der Waals surface area contributed by atoms with Gasteiger partial charge in [-0.3, -0.25) is 9.59 Å². The van der Waals surface area contributed by atoms with Crippen LogP contribution in [0.15, 0.2) is 54.6 Å². The van der Waals surface area contributed by atoms with Gasteiger partial charge >= 0.3 is 0 Å². The lowest BCUT2D eigenvalue weighted by Crippen LogP contribution is -2.33. The number of benzene rings is 2. The predicted octanol–water partition coefficient (Wildman–Crippen LogP) is 2.84. The van der Waals surface area contributed by atoms with Gasteiger partial charge in [0.1, 0.15) is 5.75 Å². The van der Waals surface area contributed by atoms with E-state index in [-0.39, 0.29) is 18.2 Å². The second-order valence-corrected chi connectivity index (χ2v) is 5.66. The van der Waals surface area contributed by atoms with Crippen LogP contribution in [0.1, 0.15) is 24.5 Å². The Kier molecular flexibility index (Phi) is 6.63. The molecule has 2 amide bonds. The van der Waals surface area contributed by atoms with Gasteiger partial charge in [-0.15, -0.1) is 0 Å². The van der Waals surface area contributed by atoms with Crippen LogP contribution in [0.4, 0.5) is 0 Å². The monoisotopic (exact) mass is 346 g/mol. The van der Waals surface area contributed by atoms with E-state index in [2.05, 4.69) is 5.32 Å². The predicted molar refractivity (Wildman–Crippen MR) is 92.7 cm³/mol. The molecule has 0 aliphatic heterocycles. The Hall–Kier alpha value is -2.53. The lowest BCUT2D eigenvalue weighted by Gasteiger charge is -2.19. The molecule has 0 aliphatic carbocycles. The molecule has 126 valence electrons. The standard InChI is InChI=1S/C18H19ClN2O3/c19-14-8-10-15(11-9-14)24-17(13-5-2-1-3-6-13)18(23)21-12-4-7-16(20)22/h1-3,5-6,8-11,17H,4,7,12H2,(H2,20,22)(H,21,23)/t17-/m1/s1. The number of nitrogens with two attached hydrogens (primary N) is 1. The number of ether oxygens (including phenoxy) is 1. The molecule has 0 aromatic heterocycles. The molecule has 5 nitrogen and oxygen atoms in total. The summed E-state index contributed by atoms with van der Waals surface area (Å²) in [5, 5.41) is 3.36. The number of amides is 2. The average Bonchev–Trinajstić information content (AvgIpc) is 2.58. The number of carbonyl (C=O) groups is 2. The Bertz CT molecular complexity index is 674. The molecule has 3 N–H and O–H groups in total. The van der Waals surface area contributed by atoms with Crippen molar-refractivity contribution in [1.29, 1.82) is 0 Å². The molecule has 0 unspecified atom stereocenters. The molecular formula is C18H19ClN2O3. The minimum Gasteiger partial charge on any atom is -0.476 e. The third-order valence-corrected chi connectivity index (χ3v) is 3.56. The van der Waals surface area contributed by atoms with Crippen molar-refractivity contribution in [1.82, 2.24) is 5.32 Å². The highest BCUT2D eigenvalue weighted by atomic mass is 35.5. The van der Waals surface area contributed by atoms with E-state index < -0.39 is 6.10 Å². The third kappa shape index (κ3) is 5.59. The molecule has 0 saturated heterocycles. The number of primary amides is 1. The number of rotatable bonds is 8. The van der Waals surface area contributed by atoms with E-state index in [4.69, 9.17) is 22.1 Å². The van der Waals surface area contributed by atoms with E-state index >= 15 is 0 Å². The fourth-order valence-corrected chi connectivity index (χ4v) is 2.24. The van der Waals surface area contributed by atoms with Crippen LogP contribution in [-0.2, 0) is 9.59 Å². The summed E-state index contributed by atoms with van der Waals surface area (Å²) in [7, 11) is 0. The van der Waals surface area contributed by atoms with Gasteiger partial charge < -0.3 is 15.8 Å².